The minimum atomic E-state index is -0.108. The minimum Gasteiger partial charge on any atom is -0.373 e. The van der Waals surface area contributed by atoms with Gasteiger partial charge in [-0.2, -0.15) is 0 Å². The van der Waals surface area contributed by atoms with E-state index < -0.39 is 0 Å². The first kappa shape index (κ1) is 16.4. The van der Waals surface area contributed by atoms with Crippen LogP contribution in [0.5, 0.6) is 0 Å². The summed E-state index contributed by atoms with van der Waals surface area (Å²) in [5.41, 5.74) is 2.33. The lowest BCUT2D eigenvalue weighted by Gasteiger charge is -2.30. The minimum absolute atomic E-state index is 0.00269. The molecule has 1 saturated heterocycles. The number of carbonyl (C=O) groups is 2. The summed E-state index contributed by atoms with van der Waals surface area (Å²) in [7, 11) is 0. The van der Waals surface area contributed by atoms with Crippen molar-refractivity contribution in [3.63, 3.8) is 0 Å². The van der Waals surface area contributed by atoms with Crippen LogP contribution in [0.1, 0.15) is 52.1 Å². The van der Waals surface area contributed by atoms with Crippen LogP contribution in [0.4, 0.5) is 0 Å². The maximum atomic E-state index is 12.4. The van der Waals surface area contributed by atoms with Gasteiger partial charge in [0.05, 0.1) is 6.10 Å². The molecule has 0 saturated carbocycles. The Morgan fingerprint density at radius 2 is 1.67 bits per heavy atom. The fourth-order valence-electron chi connectivity index (χ4n) is 2.95. The average Bonchev–Trinajstić information content (AvgIpc) is 2.63. The molecule has 1 fully saturated rings. The van der Waals surface area contributed by atoms with Crippen LogP contribution in [-0.4, -0.2) is 24.3 Å². The van der Waals surface area contributed by atoms with E-state index in [2.05, 4.69) is 17.4 Å². The molecule has 1 amide bonds. The fraction of sp³-hybridized carbons (Fsp3) is 0.300. The molecule has 4 nitrogen and oxygen atoms in total. The molecule has 1 aliphatic heterocycles. The number of rotatable bonds is 4. The van der Waals surface area contributed by atoms with E-state index >= 15 is 0 Å². The van der Waals surface area contributed by atoms with E-state index in [9.17, 15) is 9.59 Å². The van der Waals surface area contributed by atoms with Gasteiger partial charge in [-0.25, -0.2) is 0 Å². The number of hydrogen-bond acceptors (Lipinski definition) is 3. The number of carbonyl (C=O) groups excluding carboxylic acids is 2. The van der Waals surface area contributed by atoms with Crippen LogP contribution in [0, 0.1) is 0 Å². The molecule has 24 heavy (non-hydrogen) atoms. The molecule has 0 spiro atoms. The number of benzene rings is 2. The lowest BCUT2D eigenvalue weighted by molar-refractivity contribution is 0.000902. The number of amides is 1. The van der Waals surface area contributed by atoms with Crippen LogP contribution in [0.3, 0.4) is 0 Å². The Bertz CT molecular complexity index is 709. The largest absolute Gasteiger partial charge is 0.373 e. The Kier molecular flexibility index (Phi) is 5.06. The van der Waals surface area contributed by atoms with Gasteiger partial charge in [0.2, 0.25) is 0 Å². The third kappa shape index (κ3) is 3.89. The second-order valence-corrected chi connectivity index (χ2v) is 6.10. The predicted molar refractivity (Wildman–Crippen MR) is 92.1 cm³/mol. The number of nitrogens with one attached hydrogen (secondary N) is 1. The third-order valence-electron chi connectivity index (χ3n) is 4.34. The van der Waals surface area contributed by atoms with Crippen molar-refractivity contribution in [3.05, 3.63) is 71.3 Å². The number of ketones is 1. The first-order chi connectivity index (χ1) is 11.6. The topological polar surface area (TPSA) is 55.4 Å². The molecule has 0 bridgehead atoms. The van der Waals surface area contributed by atoms with Gasteiger partial charge in [0.1, 0.15) is 0 Å². The molecule has 0 unspecified atom stereocenters. The van der Waals surface area contributed by atoms with Gasteiger partial charge < -0.3 is 10.1 Å². The molecular weight excluding hydrogens is 302 g/mol. The average molecular weight is 323 g/mol. The first-order valence-electron chi connectivity index (χ1n) is 8.22. The van der Waals surface area contributed by atoms with Crippen LogP contribution < -0.4 is 5.32 Å². The molecule has 1 aliphatic rings. The SMILES string of the molecule is CC(=O)c1ccc(C(=O)N[C@H]2CCO[C@H](c3ccccc3)C2)cc1. The summed E-state index contributed by atoms with van der Waals surface area (Å²) in [5.74, 6) is -0.110. The molecule has 0 aliphatic carbocycles. The molecule has 0 aromatic heterocycles. The summed E-state index contributed by atoms with van der Waals surface area (Å²) in [6.07, 6.45) is 1.59. The zero-order chi connectivity index (χ0) is 16.9. The maximum absolute atomic E-state index is 12.4. The predicted octanol–water partition coefficient (Wildman–Crippen LogP) is 3.54. The molecule has 0 radical (unpaired) electrons. The van der Waals surface area contributed by atoms with Gasteiger partial charge in [0.25, 0.3) is 5.91 Å². The molecule has 3 rings (SSSR count). The molecular formula is C20H21NO3. The summed E-state index contributed by atoms with van der Waals surface area (Å²) in [5, 5.41) is 3.08. The first-order valence-corrected chi connectivity index (χ1v) is 8.22. The van der Waals surface area contributed by atoms with Gasteiger partial charge in [-0.05, 0) is 37.5 Å². The van der Waals surface area contributed by atoms with E-state index in [4.69, 9.17) is 4.74 Å². The molecule has 1 N–H and O–H groups in total. The monoisotopic (exact) mass is 323 g/mol. The number of Topliss-reactive ketones (excluding diaryl/α,β-unsaturated/α-hetero) is 1. The van der Waals surface area contributed by atoms with Gasteiger partial charge in [0.15, 0.2) is 5.78 Å². The van der Waals surface area contributed by atoms with Gasteiger partial charge in [-0.15, -0.1) is 0 Å². The second kappa shape index (κ2) is 7.41. The van der Waals surface area contributed by atoms with E-state index in [1.54, 1.807) is 24.3 Å². The molecule has 1 heterocycles. The van der Waals surface area contributed by atoms with Gasteiger partial charge in [0, 0.05) is 23.8 Å². The molecule has 124 valence electrons. The number of ether oxygens (including phenoxy) is 1. The van der Waals surface area contributed by atoms with Crippen LogP contribution in [0.15, 0.2) is 54.6 Å². The Morgan fingerprint density at radius 3 is 2.33 bits per heavy atom. The zero-order valence-electron chi connectivity index (χ0n) is 13.7. The van der Waals surface area contributed by atoms with Crippen molar-refractivity contribution >= 4 is 11.7 Å². The highest BCUT2D eigenvalue weighted by atomic mass is 16.5. The Labute approximate surface area is 141 Å². The molecule has 2 aromatic rings. The van der Waals surface area contributed by atoms with Crippen LogP contribution >= 0.6 is 0 Å². The second-order valence-electron chi connectivity index (χ2n) is 6.10. The summed E-state index contributed by atoms with van der Waals surface area (Å²) < 4.78 is 5.83. The quantitative estimate of drug-likeness (QED) is 0.876. The number of hydrogen-bond donors (Lipinski definition) is 1. The van der Waals surface area contributed by atoms with Crippen molar-refractivity contribution in [1.29, 1.82) is 0 Å². The molecule has 4 heteroatoms. The summed E-state index contributed by atoms with van der Waals surface area (Å²) in [6, 6.07) is 16.9. The van der Waals surface area contributed by atoms with Crippen molar-refractivity contribution in [2.45, 2.75) is 31.9 Å². The summed E-state index contributed by atoms with van der Waals surface area (Å²) in [6.45, 7) is 2.15. The molecule has 2 atom stereocenters. The van der Waals surface area contributed by atoms with E-state index in [-0.39, 0.29) is 23.8 Å². The summed E-state index contributed by atoms with van der Waals surface area (Å²) in [4.78, 5) is 23.7. The Morgan fingerprint density at radius 1 is 1.00 bits per heavy atom. The van der Waals surface area contributed by atoms with Gasteiger partial charge in [-0.1, -0.05) is 42.5 Å². The van der Waals surface area contributed by atoms with Crippen molar-refractivity contribution in [2.75, 3.05) is 6.61 Å². The van der Waals surface area contributed by atoms with Crippen molar-refractivity contribution < 1.29 is 14.3 Å². The Balaban J connectivity index is 1.62. The fourth-order valence-corrected chi connectivity index (χ4v) is 2.95. The van der Waals surface area contributed by atoms with E-state index in [0.717, 1.165) is 18.4 Å². The van der Waals surface area contributed by atoms with Gasteiger partial charge in [-0.3, -0.25) is 9.59 Å². The highest BCUT2D eigenvalue weighted by molar-refractivity contribution is 5.97. The standard InChI is InChI=1S/C20H21NO3/c1-14(22)15-7-9-17(10-8-15)20(23)21-18-11-12-24-19(13-18)16-5-3-2-4-6-16/h2-10,18-19H,11-13H2,1H3,(H,21,23)/t18-,19-/m0/s1. The van der Waals surface area contributed by atoms with E-state index in [1.807, 2.05) is 18.2 Å². The van der Waals surface area contributed by atoms with E-state index in [0.29, 0.717) is 17.7 Å². The normalized spacial score (nSPS) is 20.4. The van der Waals surface area contributed by atoms with Crippen LogP contribution in [0.2, 0.25) is 0 Å². The smallest absolute Gasteiger partial charge is 0.251 e. The zero-order valence-corrected chi connectivity index (χ0v) is 13.7. The van der Waals surface area contributed by atoms with Crippen molar-refractivity contribution in [2.24, 2.45) is 0 Å². The van der Waals surface area contributed by atoms with Crippen LogP contribution in [-0.2, 0) is 4.74 Å². The lowest BCUT2D eigenvalue weighted by atomic mass is 9.97. The van der Waals surface area contributed by atoms with Gasteiger partial charge >= 0.3 is 0 Å². The maximum Gasteiger partial charge on any atom is 0.251 e. The van der Waals surface area contributed by atoms with E-state index in [1.165, 1.54) is 6.92 Å². The molecule has 2 aromatic carbocycles. The summed E-state index contributed by atoms with van der Waals surface area (Å²) >= 11 is 0. The Hall–Kier alpha value is -2.46. The van der Waals surface area contributed by atoms with Crippen molar-refractivity contribution in [3.8, 4) is 0 Å². The lowest BCUT2D eigenvalue weighted by Crippen LogP contribution is -2.39. The van der Waals surface area contributed by atoms with Crippen LogP contribution in [0.25, 0.3) is 0 Å². The highest BCUT2D eigenvalue weighted by Crippen LogP contribution is 2.28. The highest BCUT2D eigenvalue weighted by Gasteiger charge is 2.25. The third-order valence-corrected chi connectivity index (χ3v) is 4.34. The van der Waals surface area contributed by atoms with Crippen molar-refractivity contribution in [1.82, 2.24) is 5.32 Å².